The van der Waals surface area contributed by atoms with Gasteiger partial charge in [-0.3, -0.25) is 0 Å². The summed E-state index contributed by atoms with van der Waals surface area (Å²) in [6.45, 7) is 8.13. The van der Waals surface area contributed by atoms with Crippen molar-refractivity contribution in [2.24, 2.45) is 0 Å². The molecule has 0 aromatic rings. The summed E-state index contributed by atoms with van der Waals surface area (Å²) in [5, 5.41) is 2.84. The Labute approximate surface area is 300 Å². The average Bonchev–Trinajstić information content (AvgIpc) is 3.07. The van der Waals surface area contributed by atoms with Crippen LogP contribution in [-0.4, -0.2) is 70.7 Å². The van der Waals surface area contributed by atoms with Crippen molar-refractivity contribution in [1.29, 1.82) is 0 Å². The molecule has 0 spiro atoms. The average molecular weight is 681 g/mol. The molecule has 0 heterocycles. The Hall–Kier alpha value is -1.11. The first-order chi connectivity index (χ1) is 23.6. The quantitative estimate of drug-likeness (QED) is 0.0517. The van der Waals surface area contributed by atoms with Crippen LogP contribution in [0.1, 0.15) is 194 Å². The molecule has 1 N–H and O–H groups in total. The zero-order valence-electron chi connectivity index (χ0n) is 32.9. The number of nitrogens with zero attached hydrogens (tertiary/aromatic N) is 1. The fourth-order valence-electron chi connectivity index (χ4n) is 5.97. The highest BCUT2D eigenvalue weighted by atomic mass is 16.6. The zero-order chi connectivity index (χ0) is 35.0. The van der Waals surface area contributed by atoms with Crippen LogP contribution < -0.4 is 5.32 Å². The second-order valence-electron chi connectivity index (χ2n) is 14.4. The molecule has 0 saturated carbocycles. The highest BCUT2D eigenvalue weighted by Crippen LogP contribution is 2.14. The van der Waals surface area contributed by atoms with Crippen molar-refractivity contribution < 1.29 is 19.0 Å². The van der Waals surface area contributed by atoms with Gasteiger partial charge < -0.3 is 24.4 Å². The van der Waals surface area contributed by atoms with Gasteiger partial charge in [-0.05, 0) is 52.6 Å². The first-order valence-corrected chi connectivity index (χ1v) is 21.0. The summed E-state index contributed by atoms with van der Waals surface area (Å²) < 4.78 is 17.5. The molecule has 0 bridgehead atoms. The molecule has 0 aromatic heterocycles. The number of carbonyl (C=O) groups excluding carboxylic acids is 1. The standard InChI is InChI=1S/C42H84N2O4/c1-5-7-9-11-13-15-17-19-21-22-24-26-28-30-32-34-38-47-40-41(48-42(45)43-35-36-44(3)4)39-46-37-33-31-29-27-25-23-20-18-16-14-12-10-8-6-2/h19,21,41H,5-18,20,22-40H2,1-4H3,(H,43,45). The van der Waals surface area contributed by atoms with Gasteiger partial charge in [0.15, 0.2) is 6.10 Å². The van der Waals surface area contributed by atoms with Crippen LogP contribution in [0.5, 0.6) is 0 Å². The smallest absolute Gasteiger partial charge is 0.407 e. The highest BCUT2D eigenvalue weighted by Gasteiger charge is 2.15. The monoisotopic (exact) mass is 681 g/mol. The lowest BCUT2D eigenvalue weighted by molar-refractivity contribution is -0.0292. The Morgan fingerprint density at radius 3 is 1.27 bits per heavy atom. The summed E-state index contributed by atoms with van der Waals surface area (Å²) in [7, 11) is 3.98. The van der Waals surface area contributed by atoms with Crippen LogP contribution in [0.4, 0.5) is 4.79 Å². The number of amides is 1. The predicted molar refractivity (Wildman–Crippen MR) is 208 cm³/mol. The molecule has 0 aliphatic carbocycles. The van der Waals surface area contributed by atoms with Gasteiger partial charge in [0, 0.05) is 26.3 Å². The maximum Gasteiger partial charge on any atom is 0.407 e. The Balaban J connectivity index is 3.87. The van der Waals surface area contributed by atoms with Crippen LogP contribution in [0.3, 0.4) is 0 Å². The summed E-state index contributed by atoms with van der Waals surface area (Å²) in [4.78, 5) is 14.4. The molecule has 0 fully saturated rings. The number of hydrogen-bond donors (Lipinski definition) is 1. The minimum Gasteiger partial charge on any atom is -0.441 e. The number of likely N-dealkylation sites (N-methyl/N-ethyl adjacent to an activating group) is 1. The maximum absolute atomic E-state index is 12.3. The second kappa shape index (κ2) is 40.3. The van der Waals surface area contributed by atoms with Crippen molar-refractivity contribution in [3.63, 3.8) is 0 Å². The first-order valence-electron chi connectivity index (χ1n) is 21.0. The molecule has 0 rings (SSSR count). The molecule has 1 amide bonds. The minimum absolute atomic E-state index is 0.370. The van der Waals surface area contributed by atoms with E-state index < -0.39 is 0 Å². The SMILES string of the molecule is CCCCCCCCC=CCCCCCCCCOCC(COCCCCCCCCCCCCCCCC)OC(=O)NCCN(C)C. The van der Waals surface area contributed by atoms with Crippen molar-refractivity contribution >= 4 is 6.09 Å². The number of allylic oxidation sites excluding steroid dienone is 2. The number of alkyl carbamates (subject to hydrolysis) is 1. The molecule has 48 heavy (non-hydrogen) atoms. The molecule has 0 aliphatic rings. The van der Waals surface area contributed by atoms with Gasteiger partial charge in [0.1, 0.15) is 0 Å². The summed E-state index contributed by atoms with van der Waals surface area (Å²) in [5.41, 5.74) is 0. The van der Waals surface area contributed by atoms with Crippen molar-refractivity contribution in [1.82, 2.24) is 10.2 Å². The highest BCUT2D eigenvalue weighted by molar-refractivity contribution is 5.67. The second-order valence-corrected chi connectivity index (χ2v) is 14.4. The van der Waals surface area contributed by atoms with E-state index in [0.717, 1.165) is 26.0 Å². The topological polar surface area (TPSA) is 60.0 Å². The summed E-state index contributed by atoms with van der Waals surface area (Å²) in [5.74, 6) is 0. The summed E-state index contributed by atoms with van der Waals surface area (Å²) in [6.07, 6.45) is 41.1. The van der Waals surface area contributed by atoms with E-state index in [1.165, 1.54) is 167 Å². The van der Waals surface area contributed by atoms with Gasteiger partial charge in [0.2, 0.25) is 0 Å². The van der Waals surface area contributed by atoms with Gasteiger partial charge in [-0.15, -0.1) is 0 Å². The zero-order valence-corrected chi connectivity index (χ0v) is 32.9. The minimum atomic E-state index is -0.386. The third-order valence-electron chi connectivity index (χ3n) is 9.15. The van der Waals surface area contributed by atoms with Crippen LogP contribution in [-0.2, 0) is 14.2 Å². The van der Waals surface area contributed by atoms with Gasteiger partial charge in [0.25, 0.3) is 0 Å². The first kappa shape index (κ1) is 46.9. The fraction of sp³-hybridized carbons (Fsp3) is 0.929. The van der Waals surface area contributed by atoms with Crippen molar-refractivity contribution in [3.05, 3.63) is 12.2 Å². The molecule has 0 aliphatic heterocycles. The molecule has 286 valence electrons. The van der Waals surface area contributed by atoms with Crippen molar-refractivity contribution in [2.45, 2.75) is 200 Å². The number of nitrogens with one attached hydrogen (secondary N) is 1. The van der Waals surface area contributed by atoms with Gasteiger partial charge in [-0.2, -0.15) is 0 Å². The molecule has 1 atom stereocenters. The number of ether oxygens (including phenoxy) is 3. The van der Waals surface area contributed by atoms with E-state index in [9.17, 15) is 4.79 Å². The third-order valence-corrected chi connectivity index (χ3v) is 9.15. The lowest BCUT2D eigenvalue weighted by Crippen LogP contribution is -2.37. The van der Waals surface area contributed by atoms with E-state index in [4.69, 9.17) is 14.2 Å². The molecule has 6 nitrogen and oxygen atoms in total. The fourth-order valence-corrected chi connectivity index (χ4v) is 5.97. The molecule has 1 unspecified atom stereocenters. The molecular formula is C42H84N2O4. The van der Waals surface area contributed by atoms with E-state index in [2.05, 4.69) is 31.3 Å². The van der Waals surface area contributed by atoms with E-state index in [1.807, 2.05) is 19.0 Å². The van der Waals surface area contributed by atoms with E-state index in [1.54, 1.807) is 0 Å². The Bertz CT molecular complexity index is 658. The number of rotatable bonds is 39. The number of hydrogen-bond acceptors (Lipinski definition) is 5. The lowest BCUT2D eigenvalue weighted by Gasteiger charge is -2.19. The lowest BCUT2D eigenvalue weighted by atomic mass is 10.0. The van der Waals surface area contributed by atoms with Gasteiger partial charge in [-0.25, -0.2) is 4.79 Å². The van der Waals surface area contributed by atoms with E-state index in [0.29, 0.717) is 26.4 Å². The molecule has 0 saturated heterocycles. The van der Waals surface area contributed by atoms with Crippen LogP contribution in [0.2, 0.25) is 0 Å². The van der Waals surface area contributed by atoms with Crippen LogP contribution in [0.25, 0.3) is 0 Å². The van der Waals surface area contributed by atoms with Gasteiger partial charge in [0.05, 0.1) is 13.2 Å². The Kier molecular flexibility index (Phi) is 39.4. The van der Waals surface area contributed by atoms with Crippen molar-refractivity contribution in [2.75, 3.05) is 53.6 Å². The molecule has 0 aromatic carbocycles. The molecule has 0 radical (unpaired) electrons. The maximum atomic E-state index is 12.3. The van der Waals surface area contributed by atoms with Gasteiger partial charge >= 0.3 is 6.09 Å². The third kappa shape index (κ3) is 39.3. The molecular weight excluding hydrogens is 596 g/mol. The van der Waals surface area contributed by atoms with E-state index >= 15 is 0 Å². The summed E-state index contributed by atoms with van der Waals surface area (Å²) in [6, 6.07) is 0. The summed E-state index contributed by atoms with van der Waals surface area (Å²) >= 11 is 0. The van der Waals surface area contributed by atoms with Crippen LogP contribution >= 0.6 is 0 Å². The Morgan fingerprint density at radius 1 is 0.542 bits per heavy atom. The van der Waals surface area contributed by atoms with Crippen LogP contribution in [0.15, 0.2) is 12.2 Å². The van der Waals surface area contributed by atoms with E-state index in [-0.39, 0.29) is 12.2 Å². The number of carbonyl (C=O) groups is 1. The number of unbranched alkanes of at least 4 members (excludes halogenated alkanes) is 25. The Morgan fingerprint density at radius 2 is 0.896 bits per heavy atom. The normalized spacial score (nSPS) is 12.4. The van der Waals surface area contributed by atoms with Gasteiger partial charge in [-0.1, -0.05) is 167 Å². The molecule has 6 heteroatoms. The largest absolute Gasteiger partial charge is 0.441 e. The van der Waals surface area contributed by atoms with Crippen LogP contribution in [0, 0.1) is 0 Å². The van der Waals surface area contributed by atoms with Crippen molar-refractivity contribution in [3.8, 4) is 0 Å². The predicted octanol–water partition coefficient (Wildman–Crippen LogP) is 12.2.